The summed E-state index contributed by atoms with van der Waals surface area (Å²) < 4.78 is 11.0. The number of ether oxygens (including phenoxy) is 2. The van der Waals surface area contributed by atoms with Crippen LogP contribution in [0.1, 0.15) is 54.9 Å². The van der Waals surface area contributed by atoms with E-state index in [4.69, 9.17) is 9.47 Å². The van der Waals surface area contributed by atoms with Gasteiger partial charge in [-0.25, -0.2) is 4.79 Å². The second-order valence-corrected chi connectivity index (χ2v) is 11.2. The number of esters is 2. The number of allylic oxidation sites excluding steroid dienone is 2. The van der Waals surface area contributed by atoms with Gasteiger partial charge in [0.15, 0.2) is 17.5 Å². The summed E-state index contributed by atoms with van der Waals surface area (Å²) in [6.45, 7) is 12.3. The summed E-state index contributed by atoms with van der Waals surface area (Å²) >= 11 is 0. The molecular weight excluding hydrogens is 436 g/mol. The van der Waals surface area contributed by atoms with E-state index in [0.717, 1.165) is 0 Å². The quantitative estimate of drug-likeness (QED) is 0.368. The van der Waals surface area contributed by atoms with Crippen LogP contribution in [0.3, 0.4) is 0 Å². The first-order valence-corrected chi connectivity index (χ1v) is 12.1. The highest BCUT2D eigenvalue weighted by Gasteiger charge is 2.76. The Morgan fingerprint density at radius 3 is 2.50 bits per heavy atom. The summed E-state index contributed by atoms with van der Waals surface area (Å²) in [5, 5.41) is 24.1. The number of fused-ring (bicyclic) bond motifs is 3. The molecule has 34 heavy (non-hydrogen) atoms. The van der Waals surface area contributed by atoms with E-state index in [0.29, 0.717) is 17.6 Å². The smallest absolute Gasteiger partial charge is 0.334 e. The highest BCUT2D eigenvalue weighted by Crippen LogP contribution is 2.71. The predicted molar refractivity (Wildman–Crippen MR) is 124 cm³/mol. The Hall–Kier alpha value is -2.25. The molecule has 2 bridgehead atoms. The molecule has 7 nitrogen and oxygen atoms in total. The van der Waals surface area contributed by atoms with E-state index >= 15 is 0 Å². The van der Waals surface area contributed by atoms with Crippen molar-refractivity contribution in [1.82, 2.24) is 0 Å². The fraction of sp³-hybridized carbons (Fsp3) is 0.667. The lowest BCUT2D eigenvalue weighted by molar-refractivity contribution is -0.201. The minimum atomic E-state index is -2.13. The van der Waals surface area contributed by atoms with Gasteiger partial charge in [-0.3, -0.25) is 9.59 Å². The monoisotopic (exact) mass is 472 g/mol. The van der Waals surface area contributed by atoms with Crippen LogP contribution in [-0.4, -0.2) is 52.4 Å². The van der Waals surface area contributed by atoms with Gasteiger partial charge in [0.2, 0.25) is 0 Å². The van der Waals surface area contributed by atoms with E-state index in [2.05, 4.69) is 13.8 Å². The maximum Gasteiger partial charge on any atom is 0.334 e. The highest BCUT2D eigenvalue weighted by molar-refractivity contribution is 5.96. The summed E-state index contributed by atoms with van der Waals surface area (Å²) in [5.74, 6) is -1.83. The molecule has 4 aliphatic rings. The normalized spacial score (nSPS) is 42.4. The second-order valence-electron chi connectivity index (χ2n) is 11.2. The molecule has 4 rings (SSSR count). The van der Waals surface area contributed by atoms with Gasteiger partial charge in [0, 0.05) is 18.4 Å². The van der Waals surface area contributed by atoms with E-state index < -0.39 is 41.1 Å². The number of aliphatic hydroxyl groups is 2. The summed E-state index contributed by atoms with van der Waals surface area (Å²) in [4.78, 5) is 38.7. The van der Waals surface area contributed by atoms with Gasteiger partial charge < -0.3 is 19.7 Å². The van der Waals surface area contributed by atoms with Crippen LogP contribution in [0.5, 0.6) is 0 Å². The molecule has 2 saturated carbocycles. The molecule has 1 spiro atoms. The van der Waals surface area contributed by atoms with Crippen molar-refractivity contribution in [3.05, 3.63) is 34.9 Å². The maximum absolute atomic E-state index is 14.4. The molecule has 2 N–H and O–H groups in total. The molecule has 7 heteroatoms. The third-order valence-electron chi connectivity index (χ3n) is 9.14. The Bertz CT molecular complexity index is 1030. The van der Waals surface area contributed by atoms with E-state index in [1.165, 1.54) is 6.92 Å². The molecule has 8 atom stereocenters. The number of ketones is 1. The summed E-state index contributed by atoms with van der Waals surface area (Å²) in [6, 6.07) is 0. The number of aliphatic hydroxyl groups excluding tert-OH is 1. The zero-order valence-corrected chi connectivity index (χ0v) is 21.0. The van der Waals surface area contributed by atoms with Gasteiger partial charge >= 0.3 is 11.9 Å². The summed E-state index contributed by atoms with van der Waals surface area (Å²) in [6.07, 6.45) is 2.96. The zero-order chi connectivity index (χ0) is 25.4. The van der Waals surface area contributed by atoms with Crippen molar-refractivity contribution in [3.8, 4) is 0 Å². The lowest BCUT2D eigenvalue weighted by Gasteiger charge is -2.48. The molecule has 2 fully saturated rings. The molecule has 0 aromatic carbocycles. The zero-order valence-electron chi connectivity index (χ0n) is 21.0. The van der Waals surface area contributed by atoms with E-state index in [-0.39, 0.29) is 41.1 Å². The fourth-order valence-corrected chi connectivity index (χ4v) is 7.08. The van der Waals surface area contributed by atoms with Crippen molar-refractivity contribution in [2.75, 3.05) is 6.61 Å². The average molecular weight is 473 g/mol. The number of Topliss-reactive ketones (excluding diaryl/α,β-unsaturated/α-hetero) is 1. The van der Waals surface area contributed by atoms with Crippen LogP contribution in [0, 0.1) is 34.5 Å². The molecule has 0 radical (unpaired) electrons. The van der Waals surface area contributed by atoms with E-state index in [1.54, 1.807) is 39.0 Å². The minimum Gasteiger partial charge on any atom is -0.461 e. The first kappa shape index (κ1) is 24.9. The van der Waals surface area contributed by atoms with Crippen molar-refractivity contribution in [2.24, 2.45) is 34.5 Å². The second kappa shape index (κ2) is 7.89. The molecule has 0 aromatic rings. The van der Waals surface area contributed by atoms with Gasteiger partial charge in [0.25, 0.3) is 0 Å². The Balaban J connectivity index is 1.90. The van der Waals surface area contributed by atoms with Gasteiger partial charge in [0.05, 0.1) is 5.41 Å². The third kappa shape index (κ3) is 3.12. The summed E-state index contributed by atoms with van der Waals surface area (Å²) in [7, 11) is 0. The van der Waals surface area contributed by atoms with Crippen molar-refractivity contribution in [3.63, 3.8) is 0 Å². The maximum atomic E-state index is 14.4. The topological polar surface area (TPSA) is 110 Å². The van der Waals surface area contributed by atoms with Crippen LogP contribution in [0.2, 0.25) is 0 Å². The molecule has 0 aromatic heterocycles. The number of rotatable bonds is 4. The molecule has 0 heterocycles. The number of carbonyl (C=O) groups is 3. The van der Waals surface area contributed by atoms with Crippen LogP contribution < -0.4 is 0 Å². The lowest BCUT2D eigenvalue weighted by Crippen LogP contribution is -2.65. The Labute approximate surface area is 200 Å². The van der Waals surface area contributed by atoms with Crippen LogP contribution in [0.4, 0.5) is 0 Å². The largest absolute Gasteiger partial charge is 0.461 e. The number of carbonyl (C=O) groups excluding carboxylic acids is 3. The predicted octanol–water partition coefficient (Wildman–Crippen LogP) is 2.90. The van der Waals surface area contributed by atoms with Gasteiger partial charge in [-0.1, -0.05) is 39.0 Å². The Kier molecular flexibility index (Phi) is 5.77. The first-order valence-electron chi connectivity index (χ1n) is 12.1. The molecule has 0 saturated heterocycles. The Morgan fingerprint density at radius 2 is 1.91 bits per heavy atom. The summed E-state index contributed by atoms with van der Waals surface area (Å²) in [5.41, 5.74) is -2.47. The third-order valence-corrected chi connectivity index (χ3v) is 9.14. The van der Waals surface area contributed by atoms with Crippen molar-refractivity contribution >= 4 is 17.7 Å². The van der Waals surface area contributed by atoms with Crippen molar-refractivity contribution in [1.29, 1.82) is 0 Å². The van der Waals surface area contributed by atoms with Gasteiger partial charge in [-0.15, -0.1) is 0 Å². The number of hydrogen-bond donors (Lipinski definition) is 2. The minimum absolute atomic E-state index is 0.0566. The standard InChI is InChI=1S/C27H36O7/c1-8-13(2)24(31)34-23-14(3)11-26-15(4)9-19-20(25(19,6)7)18(22(26)30)10-17(12-33-16(5)28)21(29)27(23,26)32/h8,10-11,15,18-21,23,29,32H,9,12H2,1-7H3/b13-8+. The fourth-order valence-electron chi connectivity index (χ4n) is 7.08. The van der Waals surface area contributed by atoms with Crippen LogP contribution in [0.15, 0.2) is 34.9 Å². The molecule has 186 valence electrons. The molecule has 0 aliphatic heterocycles. The first-order chi connectivity index (χ1) is 15.7. The van der Waals surface area contributed by atoms with E-state index in [9.17, 15) is 24.6 Å². The molecule has 8 unspecified atom stereocenters. The molecule has 0 amide bonds. The molecular formula is C27H36O7. The number of hydrogen-bond acceptors (Lipinski definition) is 7. The van der Waals surface area contributed by atoms with Gasteiger partial charge in [-0.2, -0.15) is 0 Å². The van der Waals surface area contributed by atoms with Gasteiger partial charge in [-0.05, 0) is 61.5 Å². The molecule has 4 aliphatic carbocycles. The highest BCUT2D eigenvalue weighted by atomic mass is 16.6. The van der Waals surface area contributed by atoms with Crippen molar-refractivity contribution < 1.29 is 34.1 Å². The average Bonchev–Trinajstić information content (AvgIpc) is 3.26. The Morgan fingerprint density at radius 1 is 1.26 bits per heavy atom. The SMILES string of the molecule is C/C=C(\C)C(=O)OC1C(C)=CC23C(=O)C(C=C(COC(C)=O)C(O)C12O)C1C(CC3C)C1(C)C. The van der Waals surface area contributed by atoms with Crippen LogP contribution in [-0.2, 0) is 23.9 Å². The van der Waals surface area contributed by atoms with Crippen LogP contribution >= 0.6 is 0 Å². The van der Waals surface area contributed by atoms with Crippen LogP contribution in [0.25, 0.3) is 0 Å². The van der Waals surface area contributed by atoms with E-state index in [1.807, 2.05) is 6.92 Å². The lowest BCUT2D eigenvalue weighted by atomic mass is 9.59. The van der Waals surface area contributed by atoms with Crippen molar-refractivity contribution in [2.45, 2.75) is 72.7 Å². The van der Waals surface area contributed by atoms with Gasteiger partial charge in [0.1, 0.15) is 12.7 Å².